The molecule has 0 aliphatic carbocycles. The third kappa shape index (κ3) is 3.39. The highest BCUT2D eigenvalue weighted by atomic mass is 16.5. The Kier molecular flexibility index (Phi) is 4.44. The van der Waals surface area contributed by atoms with Crippen LogP contribution < -0.4 is 9.64 Å². The maximum absolute atomic E-state index is 13.0. The number of piperidine rings is 1. The number of likely N-dealkylation sites (tertiary alicyclic amines) is 1. The molecule has 2 atom stereocenters. The Labute approximate surface area is 148 Å². The van der Waals surface area contributed by atoms with Gasteiger partial charge >= 0.3 is 0 Å². The highest BCUT2D eigenvalue weighted by molar-refractivity contribution is 5.97. The second-order valence-corrected chi connectivity index (χ2v) is 6.86. The summed E-state index contributed by atoms with van der Waals surface area (Å²) < 4.78 is 7.81. The number of benzene rings is 1. The maximum atomic E-state index is 13.0. The van der Waals surface area contributed by atoms with E-state index in [0.717, 1.165) is 50.3 Å². The lowest BCUT2D eigenvalue weighted by Crippen LogP contribution is -2.52. The van der Waals surface area contributed by atoms with Crippen molar-refractivity contribution in [3.8, 4) is 5.75 Å². The SMILES string of the molecule is Cn1cc(N2CCC[C@@H](N3CC[C@H](Oc4ccccc4)C3)C2=O)cn1. The molecule has 0 radical (unpaired) electrons. The fraction of sp³-hybridized carbons (Fsp3) is 0.474. The van der Waals surface area contributed by atoms with Gasteiger partial charge in [-0.05, 0) is 31.4 Å². The van der Waals surface area contributed by atoms with E-state index in [1.165, 1.54) is 0 Å². The van der Waals surface area contributed by atoms with Crippen LogP contribution in [-0.4, -0.2) is 52.4 Å². The molecule has 2 aliphatic heterocycles. The molecule has 2 aliphatic rings. The van der Waals surface area contributed by atoms with Gasteiger partial charge in [0, 0.05) is 32.9 Å². The molecule has 1 aromatic heterocycles. The Morgan fingerprint density at radius 2 is 2.00 bits per heavy atom. The summed E-state index contributed by atoms with van der Waals surface area (Å²) in [5, 5.41) is 4.20. The van der Waals surface area contributed by atoms with Crippen LogP contribution in [0.1, 0.15) is 19.3 Å². The van der Waals surface area contributed by atoms with Gasteiger partial charge in [-0.2, -0.15) is 5.10 Å². The number of rotatable bonds is 4. The van der Waals surface area contributed by atoms with Crippen molar-refractivity contribution in [2.45, 2.75) is 31.4 Å². The van der Waals surface area contributed by atoms with E-state index in [1.807, 2.05) is 48.5 Å². The molecule has 3 heterocycles. The van der Waals surface area contributed by atoms with Crippen molar-refractivity contribution in [3.05, 3.63) is 42.7 Å². The summed E-state index contributed by atoms with van der Waals surface area (Å²) in [7, 11) is 1.88. The van der Waals surface area contributed by atoms with Crippen molar-refractivity contribution in [1.29, 1.82) is 0 Å². The number of hydrogen-bond acceptors (Lipinski definition) is 4. The molecule has 132 valence electrons. The molecule has 6 heteroatoms. The fourth-order valence-electron chi connectivity index (χ4n) is 3.82. The Bertz CT molecular complexity index is 730. The first kappa shape index (κ1) is 16.1. The van der Waals surface area contributed by atoms with E-state index in [2.05, 4.69) is 10.00 Å². The van der Waals surface area contributed by atoms with Crippen molar-refractivity contribution in [1.82, 2.24) is 14.7 Å². The summed E-state index contributed by atoms with van der Waals surface area (Å²) in [6.07, 6.45) is 6.74. The Morgan fingerprint density at radius 1 is 1.16 bits per heavy atom. The van der Waals surface area contributed by atoms with E-state index in [9.17, 15) is 4.79 Å². The lowest BCUT2D eigenvalue weighted by molar-refractivity contribution is -0.125. The van der Waals surface area contributed by atoms with Gasteiger partial charge in [0.1, 0.15) is 11.9 Å². The number of aromatic nitrogens is 2. The number of ether oxygens (including phenoxy) is 1. The second kappa shape index (κ2) is 6.88. The number of hydrogen-bond donors (Lipinski definition) is 0. The smallest absolute Gasteiger partial charge is 0.244 e. The third-order valence-electron chi connectivity index (χ3n) is 5.08. The van der Waals surface area contributed by atoms with Crippen molar-refractivity contribution in [2.75, 3.05) is 24.5 Å². The predicted octanol–water partition coefficient (Wildman–Crippen LogP) is 2.07. The van der Waals surface area contributed by atoms with Crippen molar-refractivity contribution in [3.63, 3.8) is 0 Å². The number of carbonyl (C=O) groups is 1. The van der Waals surface area contributed by atoms with E-state index >= 15 is 0 Å². The summed E-state index contributed by atoms with van der Waals surface area (Å²) in [6.45, 7) is 2.50. The van der Waals surface area contributed by atoms with E-state index in [4.69, 9.17) is 4.74 Å². The Balaban J connectivity index is 1.40. The monoisotopic (exact) mass is 340 g/mol. The number of carbonyl (C=O) groups excluding carboxylic acids is 1. The molecule has 6 nitrogen and oxygen atoms in total. The van der Waals surface area contributed by atoms with Gasteiger partial charge < -0.3 is 9.64 Å². The largest absolute Gasteiger partial charge is 0.489 e. The van der Waals surface area contributed by atoms with Crippen LogP contribution in [-0.2, 0) is 11.8 Å². The molecule has 1 aromatic carbocycles. The van der Waals surface area contributed by atoms with Crippen molar-refractivity contribution >= 4 is 11.6 Å². The van der Waals surface area contributed by atoms with Crippen molar-refractivity contribution in [2.24, 2.45) is 7.05 Å². The van der Waals surface area contributed by atoms with Crippen LogP contribution >= 0.6 is 0 Å². The van der Waals surface area contributed by atoms with E-state index in [-0.39, 0.29) is 18.1 Å². The first-order chi connectivity index (χ1) is 12.2. The zero-order chi connectivity index (χ0) is 17.2. The van der Waals surface area contributed by atoms with Crippen LogP contribution in [0.4, 0.5) is 5.69 Å². The van der Waals surface area contributed by atoms with Gasteiger partial charge in [0.25, 0.3) is 0 Å². The molecule has 0 spiro atoms. The highest BCUT2D eigenvalue weighted by Crippen LogP contribution is 2.27. The quantitative estimate of drug-likeness (QED) is 0.855. The zero-order valence-corrected chi connectivity index (χ0v) is 14.5. The topological polar surface area (TPSA) is 50.6 Å². The summed E-state index contributed by atoms with van der Waals surface area (Å²) in [4.78, 5) is 17.2. The molecule has 4 rings (SSSR count). The van der Waals surface area contributed by atoms with E-state index < -0.39 is 0 Å². The fourth-order valence-corrected chi connectivity index (χ4v) is 3.82. The van der Waals surface area contributed by atoms with Crippen LogP contribution in [0.5, 0.6) is 5.75 Å². The van der Waals surface area contributed by atoms with Gasteiger partial charge in [0.05, 0.1) is 17.9 Å². The molecule has 25 heavy (non-hydrogen) atoms. The number of para-hydroxylation sites is 1. The van der Waals surface area contributed by atoms with Gasteiger partial charge in [0.2, 0.25) is 5.91 Å². The summed E-state index contributed by atoms with van der Waals surface area (Å²) in [5.74, 6) is 1.10. The predicted molar refractivity (Wildman–Crippen MR) is 95.6 cm³/mol. The molecule has 2 aromatic rings. The normalized spacial score (nSPS) is 24.7. The van der Waals surface area contributed by atoms with Crippen LogP contribution in [0.2, 0.25) is 0 Å². The molecule has 0 saturated carbocycles. The van der Waals surface area contributed by atoms with Gasteiger partial charge in [-0.15, -0.1) is 0 Å². The molecular formula is C19H24N4O2. The van der Waals surface area contributed by atoms with Crippen molar-refractivity contribution < 1.29 is 9.53 Å². The van der Waals surface area contributed by atoms with Gasteiger partial charge in [-0.3, -0.25) is 14.4 Å². The van der Waals surface area contributed by atoms with Crippen LogP contribution in [0.15, 0.2) is 42.7 Å². The highest BCUT2D eigenvalue weighted by Gasteiger charge is 2.38. The standard InChI is InChI=1S/C19H24N4O2/c1-21-13-15(12-20-21)23-10-5-8-18(19(23)24)22-11-9-17(14-22)25-16-6-3-2-4-7-16/h2-4,6-7,12-13,17-18H,5,8-11,14H2,1H3/t17-,18+/m0/s1. The first-order valence-electron chi connectivity index (χ1n) is 8.96. The van der Waals surface area contributed by atoms with Gasteiger partial charge in [-0.1, -0.05) is 18.2 Å². The Hall–Kier alpha value is -2.34. The average molecular weight is 340 g/mol. The van der Waals surface area contributed by atoms with Gasteiger partial charge in [0.15, 0.2) is 0 Å². The molecule has 0 N–H and O–H groups in total. The van der Waals surface area contributed by atoms with Gasteiger partial charge in [-0.25, -0.2) is 0 Å². The van der Waals surface area contributed by atoms with E-state index in [1.54, 1.807) is 10.9 Å². The molecule has 0 bridgehead atoms. The summed E-state index contributed by atoms with van der Waals surface area (Å²) >= 11 is 0. The molecular weight excluding hydrogens is 316 g/mol. The van der Waals surface area contributed by atoms with Crippen LogP contribution in [0.3, 0.4) is 0 Å². The number of amides is 1. The first-order valence-corrected chi connectivity index (χ1v) is 8.96. The number of aryl methyl sites for hydroxylation is 1. The Morgan fingerprint density at radius 3 is 2.76 bits per heavy atom. The average Bonchev–Trinajstić information content (AvgIpc) is 3.25. The minimum Gasteiger partial charge on any atom is -0.489 e. The number of nitrogens with zero attached hydrogens (tertiary/aromatic N) is 4. The maximum Gasteiger partial charge on any atom is 0.244 e. The molecule has 1 amide bonds. The zero-order valence-electron chi connectivity index (χ0n) is 14.5. The third-order valence-corrected chi connectivity index (χ3v) is 5.08. The molecule has 2 fully saturated rings. The molecule has 2 saturated heterocycles. The minimum atomic E-state index is -0.0432. The lowest BCUT2D eigenvalue weighted by Gasteiger charge is -2.36. The lowest BCUT2D eigenvalue weighted by atomic mass is 10.0. The van der Waals surface area contributed by atoms with E-state index in [0.29, 0.717) is 0 Å². The summed E-state index contributed by atoms with van der Waals surface area (Å²) in [6, 6.07) is 9.88. The number of anilines is 1. The van der Waals surface area contributed by atoms with Crippen LogP contribution in [0, 0.1) is 0 Å². The second-order valence-electron chi connectivity index (χ2n) is 6.86. The summed E-state index contributed by atoms with van der Waals surface area (Å²) in [5.41, 5.74) is 0.897. The van der Waals surface area contributed by atoms with Crippen LogP contribution in [0.25, 0.3) is 0 Å². The minimum absolute atomic E-state index is 0.0432. The molecule has 0 unspecified atom stereocenters.